The average Bonchev–Trinajstić information content (AvgIpc) is 3.47. The Bertz CT molecular complexity index is 1360. The van der Waals surface area contributed by atoms with Gasteiger partial charge in [-0.25, -0.2) is 4.98 Å². The number of H-pyrrole nitrogens is 1. The Hall–Kier alpha value is -4.33. The van der Waals surface area contributed by atoms with Gasteiger partial charge in [-0.2, -0.15) is 0 Å². The maximum Gasteiger partial charge on any atom is 0.251 e. The highest BCUT2D eigenvalue weighted by molar-refractivity contribution is 5.97. The Morgan fingerprint density at radius 1 is 0.941 bits per heavy atom. The molecule has 2 amide bonds. The van der Waals surface area contributed by atoms with Crippen LogP contribution in [0, 0.1) is 0 Å². The molecule has 3 N–H and O–H groups in total. The molecule has 3 aromatic carbocycles. The summed E-state index contributed by atoms with van der Waals surface area (Å²) in [5, 5.41) is 5.71. The first-order valence-corrected chi connectivity index (χ1v) is 11.1. The maximum absolute atomic E-state index is 12.7. The molecule has 172 valence electrons. The molecule has 0 atom stereocenters. The minimum absolute atomic E-state index is 0.0870. The second-order valence-electron chi connectivity index (χ2n) is 8.16. The van der Waals surface area contributed by atoms with Gasteiger partial charge in [0.25, 0.3) is 5.91 Å². The number of hydrogen-bond acceptors (Lipinski definition) is 5. The van der Waals surface area contributed by atoms with Crippen molar-refractivity contribution in [2.24, 2.45) is 0 Å². The van der Waals surface area contributed by atoms with Gasteiger partial charge >= 0.3 is 0 Å². The number of aromatic amines is 1. The molecule has 34 heavy (non-hydrogen) atoms. The minimum atomic E-state index is -0.157. The Morgan fingerprint density at radius 2 is 1.74 bits per heavy atom. The van der Waals surface area contributed by atoms with E-state index in [1.807, 2.05) is 54.6 Å². The van der Waals surface area contributed by atoms with Crippen LogP contribution in [0.3, 0.4) is 0 Å². The van der Waals surface area contributed by atoms with Gasteiger partial charge in [0.2, 0.25) is 12.7 Å². The van der Waals surface area contributed by atoms with Crippen LogP contribution in [-0.4, -0.2) is 28.6 Å². The van der Waals surface area contributed by atoms with E-state index in [0.29, 0.717) is 17.9 Å². The number of anilines is 1. The number of rotatable bonds is 7. The summed E-state index contributed by atoms with van der Waals surface area (Å²) in [6.45, 7) is 2.11. The summed E-state index contributed by atoms with van der Waals surface area (Å²) in [7, 11) is 0. The number of carbonyl (C=O) groups excluding carboxylic acids is 2. The van der Waals surface area contributed by atoms with Gasteiger partial charge in [0, 0.05) is 31.1 Å². The molecule has 1 aliphatic rings. The summed E-state index contributed by atoms with van der Waals surface area (Å²) in [6.07, 6.45) is 1.54. The van der Waals surface area contributed by atoms with Crippen LogP contribution < -0.4 is 20.1 Å². The van der Waals surface area contributed by atoms with Crippen molar-refractivity contribution < 1.29 is 19.1 Å². The Balaban J connectivity index is 1.20. The summed E-state index contributed by atoms with van der Waals surface area (Å²) in [5.74, 6) is 2.03. The smallest absolute Gasteiger partial charge is 0.251 e. The van der Waals surface area contributed by atoms with Crippen molar-refractivity contribution in [2.45, 2.75) is 26.3 Å². The molecule has 4 aromatic rings. The van der Waals surface area contributed by atoms with Crippen molar-refractivity contribution in [3.05, 3.63) is 83.2 Å². The SMILES string of the molecule is CC(=O)Nc1ccc(CCc2nc3ccc(C(=O)NCc4ccc5c(c4)OCO5)cc3[nH]2)cc1. The molecule has 5 rings (SSSR count). The van der Waals surface area contributed by atoms with Gasteiger partial charge in [-0.3, -0.25) is 9.59 Å². The van der Waals surface area contributed by atoms with Crippen LogP contribution in [0.4, 0.5) is 5.69 Å². The molecule has 8 nitrogen and oxygen atoms in total. The van der Waals surface area contributed by atoms with Crippen LogP contribution in [0.15, 0.2) is 60.7 Å². The first-order valence-electron chi connectivity index (χ1n) is 11.1. The molecule has 1 aromatic heterocycles. The van der Waals surface area contributed by atoms with E-state index in [1.165, 1.54) is 6.92 Å². The molecular weight excluding hydrogens is 432 g/mol. The molecule has 0 bridgehead atoms. The number of amides is 2. The van der Waals surface area contributed by atoms with Crippen LogP contribution in [0.2, 0.25) is 0 Å². The van der Waals surface area contributed by atoms with Crippen molar-refractivity contribution in [3.63, 3.8) is 0 Å². The number of nitrogens with zero attached hydrogens (tertiary/aromatic N) is 1. The van der Waals surface area contributed by atoms with Crippen LogP contribution in [-0.2, 0) is 24.2 Å². The number of aryl methyl sites for hydroxylation is 2. The summed E-state index contributed by atoms with van der Waals surface area (Å²) in [5.41, 5.74) is 5.09. The maximum atomic E-state index is 12.7. The highest BCUT2D eigenvalue weighted by Crippen LogP contribution is 2.32. The van der Waals surface area contributed by atoms with E-state index in [1.54, 1.807) is 6.07 Å². The van der Waals surface area contributed by atoms with E-state index in [-0.39, 0.29) is 18.6 Å². The highest BCUT2D eigenvalue weighted by atomic mass is 16.7. The number of imidazole rings is 1. The number of ether oxygens (including phenoxy) is 2. The second-order valence-corrected chi connectivity index (χ2v) is 8.16. The van der Waals surface area contributed by atoms with Gasteiger partial charge in [0.1, 0.15) is 5.82 Å². The fourth-order valence-corrected chi connectivity index (χ4v) is 3.88. The van der Waals surface area contributed by atoms with Gasteiger partial charge in [-0.1, -0.05) is 18.2 Å². The molecule has 0 saturated heterocycles. The van der Waals surface area contributed by atoms with Crippen molar-refractivity contribution in [1.82, 2.24) is 15.3 Å². The molecule has 8 heteroatoms. The quantitative estimate of drug-likeness (QED) is 0.390. The number of hydrogen-bond donors (Lipinski definition) is 3. The van der Waals surface area contributed by atoms with Crippen LogP contribution in [0.5, 0.6) is 11.5 Å². The monoisotopic (exact) mass is 456 g/mol. The predicted octanol–water partition coefficient (Wildman–Crippen LogP) is 3.97. The summed E-state index contributed by atoms with van der Waals surface area (Å²) >= 11 is 0. The lowest BCUT2D eigenvalue weighted by Gasteiger charge is -2.06. The van der Waals surface area contributed by atoms with E-state index in [4.69, 9.17) is 9.47 Å². The van der Waals surface area contributed by atoms with E-state index < -0.39 is 0 Å². The number of fused-ring (bicyclic) bond motifs is 2. The van der Waals surface area contributed by atoms with Crippen LogP contribution >= 0.6 is 0 Å². The molecule has 0 aliphatic carbocycles. The Kier molecular flexibility index (Phi) is 5.86. The summed E-state index contributed by atoms with van der Waals surface area (Å²) < 4.78 is 10.7. The number of benzene rings is 3. The van der Waals surface area contributed by atoms with Gasteiger partial charge < -0.3 is 25.1 Å². The lowest BCUT2D eigenvalue weighted by Crippen LogP contribution is -2.22. The molecule has 0 fully saturated rings. The predicted molar refractivity (Wildman–Crippen MR) is 128 cm³/mol. The fraction of sp³-hybridized carbons (Fsp3) is 0.192. The Labute approximate surface area is 196 Å². The zero-order valence-electron chi connectivity index (χ0n) is 18.7. The third kappa shape index (κ3) is 4.85. The van der Waals surface area contributed by atoms with Crippen molar-refractivity contribution in [3.8, 4) is 11.5 Å². The highest BCUT2D eigenvalue weighted by Gasteiger charge is 2.14. The van der Waals surface area contributed by atoms with Gasteiger partial charge in [-0.15, -0.1) is 0 Å². The molecule has 0 radical (unpaired) electrons. The lowest BCUT2D eigenvalue weighted by atomic mass is 10.1. The van der Waals surface area contributed by atoms with E-state index in [2.05, 4.69) is 20.6 Å². The third-order valence-electron chi connectivity index (χ3n) is 5.61. The largest absolute Gasteiger partial charge is 0.454 e. The van der Waals surface area contributed by atoms with Crippen LogP contribution in [0.1, 0.15) is 34.2 Å². The standard InChI is InChI=1S/C26H24N4O4/c1-16(31)28-20-7-2-17(3-8-20)5-11-25-29-21-9-6-19(13-22(21)30-25)26(32)27-14-18-4-10-23-24(12-18)34-15-33-23/h2-4,6-10,12-13H,5,11,14-15H2,1H3,(H,27,32)(H,28,31)(H,29,30). The molecule has 2 heterocycles. The molecule has 0 unspecified atom stereocenters. The zero-order chi connectivity index (χ0) is 23.5. The number of aromatic nitrogens is 2. The summed E-state index contributed by atoms with van der Waals surface area (Å²) in [6, 6.07) is 18.9. The van der Waals surface area contributed by atoms with E-state index in [9.17, 15) is 9.59 Å². The average molecular weight is 457 g/mol. The van der Waals surface area contributed by atoms with Crippen LogP contribution in [0.25, 0.3) is 11.0 Å². The minimum Gasteiger partial charge on any atom is -0.454 e. The van der Waals surface area contributed by atoms with Gasteiger partial charge in [0.05, 0.1) is 11.0 Å². The lowest BCUT2D eigenvalue weighted by molar-refractivity contribution is -0.114. The second kappa shape index (κ2) is 9.27. The number of nitrogens with one attached hydrogen (secondary N) is 3. The Morgan fingerprint density at radius 3 is 2.56 bits per heavy atom. The van der Waals surface area contributed by atoms with Gasteiger partial charge in [0.15, 0.2) is 11.5 Å². The van der Waals surface area contributed by atoms with Gasteiger partial charge in [-0.05, 0) is 60.0 Å². The van der Waals surface area contributed by atoms with E-state index in [0.717, 1.165) is 52.3 Å². The fourth-order valence-electron chi connectivity index (χ4n) is 3.88. The summed E-state index contributed by atoms with van der Waals surface area (Å²) in [4.78, 5) is 31.8. The van der Waals surface area contributed by atoms with Crippen molar-refractivity contribution in [1.29, 1.82) is 0 Å². The zero-order valence-corrected chi connectivity index (χ0v) is 18.7. The molecular formula is C26H24N4O4. The number of carbonyl (C=O) groups is 2. The normalized spacial score (nSPS) is 12.0. The molecule has 1 aliphatic heterocycles. The van der Waals surface area contributed by atoms with Crippen molar-refractivity contribution in [2.75, 3.05) is 12.1 Å². The van der Waals surface area contributed by atoms with Crippen molar-refractivity contribution >= 4 is 28.5 Å². The molecule has 0 saturated carbocycles. The first kappa shape index (κ1) is 21.5. The third-order valence-corrected chi connectivity index (χ3v) is 5.61. The van der Waals surface area contributed by atoms with E-state index >= 15 is 0 Å². The first-order chi connectivity index (χ1) is 16.5. The topological polar surface area (TPSA) is 105 Å². The molecule has 0 spiro atoms.